The fraction of sp³-hybridized carbons (Fsp3) is 0.0952. The molecule has 0 aliphatic carbocycles. The van der Waals surface area contributed by atoms with Crippen molar-refractivity contribution in [3.63, 3.8) is 0 Å². The van der Waals surface area contributed by atoms with Crippen LogP contribution in [0.25, 0.3) is 10.9 Å². The highest BCUT2D eigenvalue weighted by Crippen LogP contribution is 2.21. The van der Waals surface area contributed by atoms with Crippen LogP contribution in [0, 0.1) is 0 Å². The first kappa shape index (κ1) is 20.0. The number of rotatable bonds is 7. The summed E-state index contributed by atoms with van der Waals surface area (Å²) in [6.45, 7) is -0.178. The molecule has 30 heavy (non-hydrogen) atoms. The number of sulfone groups is 1. The minimum absolute atomic E-state index is 0.148. The number of aromatic nitrogens is 2. The highest BCUT2D eigenvalue weighted by atomic mass is 32.2. The fourth-order valence-corrected chi connectivity index (χ4v) is 5.05. The van der Waals surface area contributed by atoms with E-state index >= 15 is 0 Å². The van der Waals surface area contributed by atoms with Gasteiger partial charge in [0.15, 0.2) is 16.4 Å². The van der Waals surface area contributed by atoms with Gasteiger partial charge in [-0.05, 0) is 42.5 Å². The number of pyridine rings is 1. The lowest BCUT2D eigenvalue weighted by molar-refractivity contribution is -0.118. The minimum Gasteiger partial charge on any atom is -0.484 e. The number of nitrogens with one attached hydrogen (secondary N) is 1. The molecule has 0 atom stereocenters. The number of benzene rings is 2. The second kappa shape index (κ2) is 8.60. The molecule has 2 aromatic heterocycles. The summed E-state index contributed by atoms with van der Waals surface area (Å²) in [7, 11) is -3.49. The summed E-state index contributed by atoms with van der Waals surface area (Å²) < 4.78 is 30.4. The Hall–Kier alpha value is -3.30. The number of thiazole rings is 1. The van der Waals surface area contributed by atoms with Crippen LogP contribution in [-0.2, 0) is 20.4 Å². The Balaban J connectivity index is 1.35. The zero-order valence-electron chi connectivity index (χ0n) is 15.7. The van der Waals surface area contributed by atoms with E-state index in [2.05, 4.69) is 15.3 Å². The van der Waals surface area contributed by atoms with Crippen molar-refractivity contribution >= 4 is 43.7 Å². The molecule has 4 aromatic rings. The fourth-order valence-electron chi connectivity index (χ4n) is 2.80. The smallest absolute Gasteiger partial charge is 0.262 e. The van der Waals surface area contributed by atoms with Crippen LogP contribution in [0.5, 0.6) is 5.75 Å². The van der Waals surface area contributed by atoms with Crippen molar-refractivity contribution in [1.29, 1.82) is 0 Å². The number of hydrogen-bond donors (Lipinski definition) is 1. The first-order chi connectivity index (χ1) is 14.5. The van der Waals surface area contributed by atoms with Gasteiger partial charge in [0.1, 0.15) is 16.5 Å². The average molecular weight is 440 g/mol. The lowest BCUT2D eigenvalue weighted by atomic mass is 10.2. The maximum Gasteiger partial charge on any atom is 0.262 e. The van der Waals surface area contributed by atoms with Gasteiger partial charge in [-0.3, -0.25) is 9.78 Å². The summed E-state index contributed by atoms with van der Waals surface area (Å²) >= 11 is 1.30. The molecule has 0 bridgehead atoms. The summed E-state index contributed by atoms with van der Waals surface area (Å²) in [5.41, 5.74) is 1.27. The van der Waals surface area contributed by atoms with Crippen molar-refractivity contribution in [1.82, 2.24) is 9.97 Å². The number of ether oxygens (including phenoxy) is 1. The lowest BCUT2D eigenvalue weighted by Gasteiger charge is -2.09. The van der Waals surface area contributed by atoms with Crippen LogP contribution < -0.4 is 10.1 Å². The third-order valence-corrected chi connectivity index (χ3v) is 6.85. The molecule has 0 saturated carbocycles. The van der Waals surface area contributed by atoms with Crippen molar-refractivity contribution in [2.24, 2.45) is 0 Å². The number of hydrogen-bond acceptors (Lipinski definition) is 7. The van der Waals surface area contributed by atoms with Gasteiger partial charge in [0, 0.05) is 34.9 Å². The Morgan fingerprint density at radius 1 is 1.03 bits per heavy atom. The molecule has 152 valence electrons. The number of amides is 1. The van der Waals surface area contributed by atoms with Gasteiger partial charge < -0.3 is 10.1 Å². The molecule has 4 rings (SSSR count). The third-order valence-electron chi connectivity index (χ3n) is 4.24. The molecule has 1 N–H and O–H groups in total. The maximum absolute atomic E-state index is 12.4. The molecule has 0 unspecified atom stereocenters. The van der Waals surface area contributed by atoms with Crippen molar-refractivity contribution in [3.8, 4) is 5.75 Å². The van der Waals surface area contributed by atoms with E-state index in [4.69, 9.17) is 4.74 Å². The minimum atomic E-state index is -3.49. The highest BCUT2D eigenvalue weighted by molar-refractivity contribution is 7.90. The van der Waals surface area contributed by atoms with Gasteiger partial charge in [-0.1, -0.05) is 6.07 Å². The molecule has 0 aliphatic heterocycles. The molecule has 0 aliphatic rings. The van der Waals surface area contributed by atoms with Crippen LogP contribution in [-0.4, -0.2) is 30.9 Å². The molecule has 0 fully saturated rings. The molecule has 0 saturated heterocycles. The molecular formula is C21H17N3O4S2. The van der Waals surface area contributed by atoms with Gasteiger partial charge in [-0.2, -0.15) is 0 Å². The van der Waals surface area contributed by atoms with Crippen molar-refractivity contribution < 1.29 is 17.9 Å². The molecule has 2 aromatic carbocycles. The number of carbonyl (C=O) groups is 1. The first-order valence-electron chi connectivity index (χ1n) is 8.98. The van der Waals surface area contributed by atoms with Crippen LogP contribution in [0.1, 0.15) is 5.01 Å². The molecule has 7 nitrogen and oxygen atoms in total. The van der Waals surface area contributed by atoms with Crippen LogP contribution in [0.4, 0.5) is 5.69 Å². The number of fused-ring (bicyclic) bond motifs is 1. The Morgan fingerprint density at radius 3 is 2.63 bits per heavy atom. The summed E-state index contributed by atoms with van der Waals surface area (Å²) in [6.07, 6.45) is 3.27. The van der Waals surface area contributed by atoms with E-state index in [1.807, 2.05) is 18.2 Å². The van der Waals surface area contributed by atoms with Crippen molar-refractivity contribution in [3.05, 3.63) is 77.4 Å². The van der Waals surface area contributed by atoms with Gasteiger partial charge in [0.2, 0.25) is 0 Å². The van der Waals surface area contributed by atoms with E-state index in [0.717, 1.165) is 10.9 Å². The molecule has 2 heterocycles. The van der Waals surface area contributed by atoms with E-state index < -0.39 is 9.84 Å². The summed E-state index contributed by atoms with van der Waals surface area (Å²) in [6, 6.07) is 15.2. The van der Waals surface area contributed by atoms with Crippen LogP contribution in [0.2, 0.25) is 0 Å². The molecule has 0 spiro atoms. The molecular weight excluding hydrogens is 422 g/mol. The molecule has 0 radical (unpaired) electrons. The van der Waals surface area contributed by atoms with Crippen LogP contribution >= 0.6 is 11.3 Å². The van der Waals surface area contributed by atoms with E-state index in [0.29, 0.717) is 16.4 Å². The summed E-state index contributed by atoms with van der Waals surface area (Å²) in [4.78, 5) is 20.6. The zero-order valence-corrected chi connectivity index (χ0v) is 17.3. The zero-order chi connectivity index (χ0) is 21.0. The Labute approximate surface area is 177 Å². The summed E-state index contributed by atoms with van der Waals surface area (Å²) in [5, 5.41) is 5.95. The largest absolute Gasteiger partial charge is 0.484 e. The Bertz CT molecular complexity index is 1270. The topological polar surface area (TPSA) is 98.2 Å². The lowest BCUT2D eigenvalue weighted by Crippen LogP contribution is -2.20. The van der Waals surface area contributed by atoms with E-state index in [9.17, 15) is 13.2 Å². The highest BCUT2D eigenvalue weighted by Gasteiger charge is 2.17. The molecule has 9 heteroatoms. The predicted molar refractivity (Wildman–Crippen MR) is 115 cm³/mol. The third kappa shape index (κ3) is 4.81. The number of carbonyl (C=O) groups excluding carboxylic acids is 1. The predicted octanol–water partition coefficient (Wildman–Crippen LogP) is 3.68. The van der Waals surface area contributed by atoms with Gasteiger partial charge in [0.05, 0.1) is 10.4 Å². The number of nitrogens with zero attached hydrogens (tertiary/aromatic N) is 2. The number of anilines is 1. The second-order valence-electron chi connectivity index (χ2n) is 6.40. The SMILES string of the molecule is O=C(COc1ccc2cccnc2c1)Nc1ccc(S(=O)(=O)Cc2nccs2)cc1. The summed E-state index contributed by atoms with van der Waals surface area (Å²) in [5.74, 6) is 0.0414. The van der Waals surface area contributed by atoms with Gasteiger partial charge >= 0.3 is 0 Å². The second-order valence-corrected chi connectivity index (χ2v) is 9.37. The van der Waals surface area contributed by atoms with Crippen molar-refractivity contribution in [2.75, 3.05) is 11.9 Å². The maximum atomic E-state index is 12.4. The Morgan fingerprint density at radius 2 is 1.87 bits per heavy atom. The Kier molecular flexibility index (Phi) is 5.73. The first-order valence-corrected chi connectivity index (χ1v) is 11.5. The molecule has 1 amide bonds. The van der Waals surface area contributed by atoms with Gasteiger partial charge in [0.25, 0.3) is 5.91 Å². The van der Waals surface area contributed by atoms with Gasteiger partial charge in [-0.15, -0.1) is 11.3 Å². The van der Waals surface area contributed by atoms with Crippen LogP contribution in [0.15, 0.2) is 77.3 Å². The standard InChI is InChI=1S/C21H17N3O4S2/c25-20(13-28-17-6-3-15-2-1-9-22-19(15)12-17)24-16-4-7-18(8-5-16)30(26,27)14-21-23-10-11-29-21/h1-12H,13-14H2,(H,24,25). The van der Waals surface area contributed by atoms with E-state index in [1.165, 1.54) is 23.5 Å². The van der Waals surface area contributed by atoms with E-state index in [1.54, 1.807) is 42.0 Å². The van der Waals surface area contributed by atoms with Crippen LogP contribution in [0.3, 0.4) is 0 Å². The van der Waals surface area contributed by atoms with Gasteiger partial charge in [-0.25, -0.2) is 13.4 Å². The van der Waals surface area contributed by atoms with E-state index in [-0.39, 0.29) is 23.2 Å². The monoisotopic (exact) mass is 439 g/mol. The van der Waals surface area contributed by atoms with Crippen molar-refractivity contribution in [2.45, 2.75) is 10.6 Å². The quantitative estimate of drug-likeness (QED) is 0.472. The average Bonchev–Trinajstić information content (AvgIpc) is 3.25. The normalized spacial score (nSPS) is 11.3.